The minimum atomic E-state index is 0. The number of hydrazone groups is 1. The van der Waals surface area contributed by atoms with Crippen molar-refractivity contribution in [2.75, 3.05) is 12.3 Å². The number of nitrogens with zero attached hydrogens (tertiary/aromatic N) is 2. The highest BCUT2D eigenvalue weighted by Crippen LogP contribution is 2.19. The molecule has 0 aromatic heterocycles. The van der Waals surface area contributed by atoms with Crippen molar-refractivity contribution in [1.82, 2.24) is 5.01 Å². The van der Waals surface area contributed by atoms with Gasteiger partial charge in [0, 0.05) is 12.3 Å². The van der Waals surface area contributed by atoms with Crippen LogP contribution in [0.2, 0.25) is 0 Å². The maximum Gasteiger partial charge on any atom is 0.177 e. The van der Waals surface area contributed by atoms with Gasteiger partial charge in [-0.1, -0.05) is 55.4 Å². The molecule has 3 nitrogen and oxygen atoms in total. The molecular weight excluding hydrogens is 357 g/mol. The van der Waals surface area contributed by atoms with Gasteiger partial charge in [-0.2, -0.15) is 5.10 Å². The first-order chi connectivity index (χ1) is 8.31. The summed E-state index contributed by atoms with van der Waals surface area (Å²) < 4.78 is 0. The zero-order chi connectivity index (χ0) is 12.1. The Labute approximate surface area is 130 Å². The van der Waals surface area contributed by atoms with Gasteiger partial charge in [-0.3, -0.25) is 5.41 Å². The number of hydrogen-bond acceptors (Lipinski definition) is 3. The van der Waals surface area contributed by atoms with Crippen molar-refractivity contribution in [2.24, 2.45) is 5.10 Å². The summed E-state index contributed by atoms with van der Waals surface area (Å²) in [6.45, 7) is 3.00. The van der Waals surface area contributed by atoms with E-state index in [0.717, 1.165) is 36.4 Å². The third-order valence-electron chi connectivity index (χ3n) is 2.65. The van der Waals surface area contributed by atoms with E-state index in [1.54, 1.807) is 11.8 Å². The lowest BCUT2D eigenvalue weighted by molar-refractivity contribution is 0.435. The van der Waals surface area contributed by atoms with Gasteiger partial charge in [-0.15, -0.1) is 24.0 Å². The Kier molecular flexibility index (Phi) is 6.70. The first-order valence-corrected chi connectivity index (χ1v) is 6.91. The molecule has 98 valence electrons. The number of rotatable bonds is 4. The van der Waals surface area contributed by atoms with E-state index >= 15 is 0 Å². The summed E-state index contributed by atoms with van der Waals surface area (Å²) in [6, 6.07) is 10.2. The van der Waals surface area contributed by atoms with Crippen LogP contribution in [0.3, 0.4) is 0 Å². The van der Waals surface area contributed by atoms with E-state index < -0.39 is 0 Å². The van der Waals surface area contributed by atoms with Gasteiger partial charge >= 0.3 is 0 Å². The fourth-order valence-electron chi connectivity index (χ4n) is 1.66. The van der Waals surface area contributed by atoms with Crippen molar-refractivity contribution in [2.45, 2.75) is 19.8 Å². The van der Waals surface area contributed by atoms with Crippen LogP contribution in [-0.4, -0.2) is 28.2 Å². The smallest absolute Gasteiger partial charge is 0.177 e. The molecule has 0 unspecified atom stereocenters. The Morgan fingerprint density at radius 3 is 2.72 bits per heavy atom. The van der Waals surface area contributed by atoms with Gasteiger partial charge < -0.3 is 0 Å². The van der Waals surface area contributed by atoms with E-state index in [-0.39, 0.29) is 24.0 Å². The molecule has 0 saturated carbocycles. The van der Waals surface area contributed by atoms with E-state index in [1.807, 2.05) is 23.2 Å². The quantitative estimate of drug-likeness (QED) is 0.814. The highest BCUT2D eigenvalue weighted by atomic mass is 127. The number of nitrogens with one attached hydrogen (secondary N) is 1. The topological polar surface area (TPSA) is 39.5 Å². The molecule has 1 N–H and O–H groups in total. The zero-order valence-electron chi connectivity index (χ0n) is 10.4. The highest BCUT2D eigenvalue weighted by Gasteiger charge is 2.18. The average Bonchev–Trinajstić information content (AvgIpc) is 2.39. The van der Waals surface area contributed by atoms with Gasteiger partial charge in [0.1, 0.15) is 0 Å². The van der Waals surface area contributed by atoms with Crippen molar-refractivity contribution in [3.63, 3.8) is 0 Å². The summed E-state index contributed by atoms with van der Waals surface area (Å²) in [5.74, 6) is 0.797. The standard InChI is InChI=1S/C13H17N3S.HI/c1-2-3-9-16-13(14)17-10-12(15-16)11-7-5-4-6-8-11;/h4-8,14H,2-3,9-10H2,1H3;1H. The van der Waals surface area contributed by atoms with E-state index in [1.165, 1.54) is 0 Å². The maximum absolute atomic E-state index is 7.86. The molecule has 0 saturated heterocycles. The van der Waals surface area contributed by atoms with Crippen molar-refractivity contribution >= 4 is 46.6 Å². The van der Waals surface area contributed by atoms with Crippen LogP contribution in [-0.2, 0) is 0 Å². The molecule has 1 aromatic carbocycles. The van der Waals surface area contributed by atoms with E-state index in [9.17, 15) is 0 Å². The zero-order valence-corrected chi connectivity index (χ0v) is 13.6. The summed E-state index contributed by atoms with van der Waals surface area (Å²) in [5.41, 5.74) is 2.23. The molecule has 0 spiro atoms. The third kappa shape index (κ3) is 3.98. The van der Waals surface area contributed by atoms with E-state index in [0.29, 0.717) is 5.17 Å². The fourth-order valence-corrected chi connectivity index (χ4v) is 2.44. The van der Waals surface area contributed by atoms with Crippen LogP contribution in [0.4, 0.5) is 0 Å². The van der Waals surface area contributed by atoms with Crippen LogP contribution in [0.15, 0.2) is 35.4 Å². The van der Waals surface area contributed by atoms with Gasteiger partial charge in [-0.25, -0.2) is 5.01 Å². The van der Waals surface area contributed by atoms with Crippen molar-refractivity contribution < 1.29 is 0 Å². The molecule has 0 fully saturated rings. The van der Waals surface area contributed by atoms with E-state index in [4.69, 9.17) is 5.41 Å². The predicted molar refractivity (Wildman–Crippen MR) is 90.2 cm³/mol. The second-order valence-corrected chi connectivity index (χ2v) is 4.95. The summed E-state index contributed by atoms with van der Waals surface area (Å²) in [4.78, 5) is 0. The number of unbranched alkanes of at least 4 members (excludes halogenated alkanes) is 1. The number of hydrogen-bond donors (Lipinski definition) is 1. The Balaban J connectivity index is 0.00000162. The van der Waals surface area contributed by atoms with Crippen LogP contribution in [0.25, 0.3) is 0 Å². The van der Waals surface area contributed by atoms with Crippen molar-refractivity contribution in [3.8, 4) is 0 Å². The Bertz CT molecular complexity index is 420. The SMILES string of the molecule is CCCCN1N=C(c2ccccc2)CSC1=N.I. The van der Waals surface area contributed by atoms with Crippen LogP contribution in [0.5, 0.6) is 0 Å². The molecule has 0 amide bonds. The number of amidine groups is 1. The summed E-state index contributed by atoms with van der Waals surface area (Å²) in [6.07, 6.45) is 2.21. The molecule has 0 radical (unpaired) electrons. The van der Waals surface area contributed by atoms with Crippen LogP contribution in [0.1, 0.15) is 25.3 Å². The molecule has 1 heterocycles. The molecule has 1 aliphatic rings. The monoisotopic (exact) mass is 375 g/mol. The van der Waals surface area contributed by atoms with Crippen LogP contribution >= 0.6 is 35.7 Å². The Hall–Kier alpha value is -0.560. The summed E-state index contributed by atoms with van der Waals surface area (Å²) >= 11 is 1.56. The number of benzene rings is 1. The molecule has 2 rings (SSSR count). The highest BCUT2D eigenvalue weighted by molar-refractivity contribution is 14.0. The molecule has 0 bridgehead atoms. The lowest BCUT2D eigenvalue weighted by Gasteiger charge is -2.25. The van der Waals surface area contributed by atoms with Crippen LogP contribution < -0.4 is 0 Å². The van der Waals surface area contributed by atoms with Crippen LogP contribution in [0, 0.1) is 5.41 Å². The summed E-state index contributed by atoms with van der Waals surface area (Å²) in [7, 11) is 0. The lowest BCUT2D eigenvalue weighted by Crippen LogP contribution is -2.31. The van der Waals surface area contributed by atoms with Crippen molar-refractivity contribution in [3.05, 3.63) is 35.9 Å². The normalized spacial score (nSPS) is 15.1. The summed E-state index contributed by atoms with van der Waals surface area (Å²) in [5, 5.41) is 14.8. The molecular formula is C13H18IN3S. The maximum atomic E-state index is 7.86. The lowest BCUT2D eigenvalue weighted by atomic mass is 10.1. The first kappa shape index (κ1) is 15.5. The van der Waals surface area contributed by atoms with Gasteiger partial charge in [0.15, 0.2) is 5.17 Å². The largest absolute Gasteiger partial charge is 0.277 e. The second-order valence-electron chi connectivity index (χ2n) is 3.98. The number of halogens is 1. The van der Waals surface area contributed by atoms with Gasteiger partial charge in [0.2, 0.25) is 0 Å². The fraction of sp³-hybridized carbons (Fsp3) is 0.385. The minimum absolute atomic E-state index is 0. The average molecular weight is 375 g/mol. The first-order valence-electron chi connectivity index (χ1n) is 5.93. The molecule has 18 heavy (non-hydrogen) atoms. The second kappa shape index (κ2) is 7.78. The van der Waals surface area contributed by atoms with E-state index in [2.05, 4.69) is 24.2 Å². The van der Waals surface area contributed by atoms with Gasteiger partial charge in [-0.05, 0) is 12.0 Å². The predicted octanol–water partition coefficient (Wildman–Crippen LogP) is 3.79. The molecule has 1 aliphatic heterocycles. The third-order valence-corrected chi connectivity index (χ3v) is 3.55. The minimum Gasteiger partial charge on any atom is -0.277 e. The molecule has 1 aromatic rings. The van der Waals surface area contributed by atoms with Crippen molar-refractivity contribution in [1.29, 1.82) is 5.41 Å². The Morgan fingerprint density at radius 1 is 1.33 bits per heavy atom. The molecule has 0 aliphatic carbocycles. The van der Waals surface area contributed by atoms with Gasteiger partial charge in [0.05, 0.1) is 5.71 Å². The Morgan fingerprint density at radius 2 is 2.06 bits per heavy atom. The number of thioether (sulfide) groups is 1. The molecule has 0 atom stereocenters. The molecule has 5 heteroatoms. The van der Waals surface area contributed by atoms with Gasteiger partial charge in [0.25, 0.3) is 0 Å².